The summed E-state index contributed by atoms with van der Waals surface area (Å²) in [5, 5.41) is 10.8. The average molecular weight is 449 g/mol. The molecule has 0 saturated carbocycles. The quantitative estimate of drug-likeness (QED) is 0.184. The number of ether oxygens (including phenoxy) is 4. The first-order valence-electron chi connectivity index (χ1n) is 9.93. The summed E-state index contributed by atoms with van der Waals surface area (Å²) in [5.41, 5.74) is 2.03. The lowest BCUT2D eigenvalue weighted by Gasteiger charge is -2.11. The van der Waals surface area contributed by atoms with Gasteiger partial charge in [0.05, 0.1) is 26.3 Å². The van der Waals surface area contributed by atoms with Crippen molar-refractivity contribution in [2.24, 2.45) is 0 Å². The number of non-ortho nitro benzene ring substituents is 1. The molecule has 0 aliphatic rings. The third-order valence-electron chi connectivity index (χ3n) is 4.82. The van der Waals surface area contributed by atoms with E-state index in [-0.39, 0.29) is 18.1 Å². The molecule has 0 aromatic heterocycles. The van der Waals surface area contributed by atoms with Crippen LogP contribution in [-0.4, -0.2) is 32.0 Å². The Bertz CT molecular complexity index is 1170. The number of ketones is 1. The zero-order valence-electron chi connectivity index (χ0n) is 18.4. The molecule has 3 aromatic rings. The van der Waals surface area contributed by atoms with Crippen LogP contribution in [0.2, 0.25) is 0 Å². The van der Waals surface area contributed by atoms with Gasteiger partial charge in [0.2, 0.25) is 0 Å². The van der Waals surface area contributed by atoms with Crippen LogP contribution in [0.4, 0.5) is 5.69 Å². The van der Waals surface area contributed by atoms with E-state index < -0.39 is 4.92 Å². The van der Waals surface area contributed by atoms with Crippen LogP contribution in [0.5, 0.6) is 23.0 Å². The first-order valence-corrected chi connectivity index (χ1v) is 9.93. The van der Waals surface area contributed by atoms with Gasteiger partial charge in [-0.25, -0.2) is 0 Å². The molecule has 0 N–H and O–H groups in total. The van der Waals surface area contributed by atoms with Crippen molar-refractivity contribution in [1.29, 1.82) is 0 Å². The predicted molar refractivity (Wildman–Crippen MR) is 123 cm³/mol. The van der Waals surface area contributed by atoms with E-state index in [1.54, 1.807) is 54.6 Å². The Balaban J connectivity index is 1.69. The molecular formula is C25H23NO7. The van der Waals surface area contributed by atoms with E-state index in [4.69, 9.17) is 18.9 Å². The number of nitro benzene ring substituents is 1. The summed E-state index contributed by atoms with van der Waals surface area (Å²) in [6.45, 7) is 0.224. The maximum absolute atomic E-state index is 12.6. The Hall–Kier alpha value is -4.33. The zero-order chi connectivity index (χ0) is 23.8. The van der Waals surface area contributed by atoms with Crippen molar-refractivity contribution in [1.82, 2.24) is 0 Å². The number of benzene rings is 3. The van der Waals surface area contributed by atoms with E-state index in [1.807, 2.05) is 0 Å². The van der Waals surface area contributed by atoms with Gasteiger partial charge in [-0.1, -0.05) is 12.1 Å². The fourth-order valence-corrected chi connectivity index (χ4v) is 3.04. The van der Waals surface area contributed by atoms with Crippen LogP contribution in [0.25, 0.3) is 6.08 Å². The molecule has 0 saturated heterocycles. The Morgan fingerprint density at radius 1 is 0.848 bits per heavy atom. The van der Waals surface area contributed by atoms with Crippen molar-refractivity contribution in [3.8, 4) is 23.0 Å². The molecule has 0 unspecified atom stereocenters. The SMILES string of the molecule is COc1ccc(C(=O)/C=C/c2ccc(OCc3ccc([N+](=O)[O-])cc3)c(OC)c2)cc1OC. The van der Waals surface area contributed by atoms with Crippen LogP contribution in [0.3, 0.4) is 0 Å². The minimum absolute atomic E-state index is 0.0232. The first-order chi connectivity index (χ1) is 15.9. The molecule has 0 fully saturated rings. The van der Waals surface area contributed by atoms with Crippen molar-refractivity contribution >= 4 is 17.5 Å². The molecule has 0 heterocycles. The van der Waals surface area contributed by atoms with Gasteiger partial charge in [-0.3, -0.25) is 14.9 Å². The van der Waals surface area contributed by atoms with Gasteiger partial charge >= 0.3 is 0 Å². The highest BCUT2D eigenvalue weighted by molar-refractivity contribution is 6.07. The zero-order valence-corrected chi connectivity index (χ0v) is 18.4. The van der Waals surface area contributed by atoms with E-state index >= 15 is 0 Å². The van der Waals surface area contributed by atoms with Gasteiger partial charge in [-0.15, -0.1) is 0 Å². The van der Waals surface area contributed by atoms with Crippen molar-refractivity contribution in [3.63, 3.8) is 0 Å². The summed E-state index contributed by atoms with van der Waals surface area (Å²) < 4.78 is 21.6. The second-order valence-corrected chi connectivity index (χ2v) is 6.89. The summed E-state index contributed by atoms with van der Waals surface area (Å²) >= 11 is 0. The highest BCUT2D eigenvalue weighted by Crippen LogP contribution is 2.30. The minimum atomic E-state index is -0.449. The maximum atomic E-state index is 12.6. The topological polar surface area (TPSA) is 97.1 Å². The smallest absolute Gasteiger partial charge is 0.269 e. The average Bonchev–Trinajstić information content (AvgIpc) is 2.85. The fraction of sp³-hybridized carbons (Fsp3) is 0.160. The van der Waals surface area contributed by atoms with E-state index in [1.165, 1.54) is 39.5 Å². The van der Waals surface area contributed by atoms with Crippen molar-refractivity contribution < 1.29 is 28.7 Å². The van der Waals surface area contributed by atoms with Crippen LogP contribution < -0.4 is 18.9 Å². The summed E-state index contributed by atoms with van der Waals surface area (Å²) in [7, 11) is 4.57. The molecule has 0 aliphatic carbocycles. The molecule has 3 rings (SSSR count). The predicted octanol–water partition coefficient (Wildman–Crippen LogP) is 5.10. The normalized spacial score (nSPS) is 10.6. The number of carbonyl (C=O) groups excluding carboxylic acids is 1. The molecule has 0 amide bonds. The molecule has 33 heavy (non-hydrogen) atoms. The molecular weight excluding hydrogens is 426 g/mol. The number of nitro groups is 1. The van der Waals surface area contributed by atoms with Crippen LogP contribution in [0.1, 0.15) is 21.5 Å². The third kappa shape index (κ3) is 5.88. The molecule has 3 aromatic carbocycles. The molecule has 0 bridgehead atoms. The maximum Gasteiger partial charge on any atom is 0.269 e. The van der Waals surface area contributed by atoms with Crippen molar-refractivity contribution in [2.45, 2.75) is 6.61 Å². The highest BCUT2D eigenvalue weighted by atomic mass is 16.6. The molecule has 0 atom stereocenters. The van der Waals surface area contributed by atoms with Gasteiger partial charge in [0.1, 0.15) is 6.61 Å². The third-order valence-corrected chi connectivity index (χ3v) is 4.82. The number of methoxy groups -OCH3 is 3. The summed E-state index contributed by atoms with van der Waals surface area (Å²) in [6, 6.07) is 16.4. The molecule has 8 nitrogen and oxygen atoms in total. The van der Waals surface area contributed by atoms with Gasteiger partial charge < -0.3 is 18.9 Å². The number of rotatable bonds is 10. The number of hydrogen-bond acceptors (Lipinski definition) is 7. The molecule has 0 aliphatic heterocycles. The van der Waals surface area contributed by atoms with E-state index in [0.29, 0.717) is 28.6 Å². The molecule has 0 radical (unpaired) electrons. The second-order valence-electron chi connectivity index (χ2n) is 6.89. The monoisotopic (exact) mass is 449 g/mol. The van der Waals surface area contributed by atoms with Gasteiger partial charge in [0.25, 0.3) is 5.69 Å². The van der Waals surface area contributed by atoms with E-state index in [9.17, 15) is 14.9 Å². The number of nitrogens with zero attached hydrogens (tertiary/aromatic N) is 1. The number of allylic oxidation sites excluding steroid dienone is 1. The Morgan fingerprint density at radius 3 is 2.12 bits per heavy atom. The fourth-order valence-electron chi connectivity index (χ4n) is 3.04. The van der Waals surface area contributed by atoms with Crippen LogP contribution >= 0.6 is 0 Å². The van der Waals surface area contributed by atoms with Crippen LogP contribution in [0, 0.1) is 10.1 Å². The van der Waals surface area contributed by atoms with Gasteiger partial charge in [-0.2, -0.15) is 0 Å². The number of carbonyl (C=O) groups is 1. The Kier molecular flexibility index (Phi) is 7.64. The lowest BCUT2D eigenvalue weighted by atomic mass is 10.1. The van der Waals surface area contributed by atoms with E-state index in [2.05, 4.69) is 0 Å². The summed E-state index contributed by atoms with van der Waals surface area (Å²) in [6.07, 6.45) is 3.15. The largest absolute Gasteiger partial charge is 0.493 e. The van der Waals surface area contributed by atoms with Gasteiger partial charge in [-0.05, 0) is 59.7 Å². The van der Waals surface area contributed by atoms with E-state index in [0.717, 1.165) is 11.1 Å². The molecule has 170 valence electrons. The van der Waals surface area contributed by atoms with Crippen LogP contribution in [0.15, 0.2) is 66.7 Å². The van der Waals surface area contributed by atoms with Crippen molar-refractivity contribution in [2.75, 3.05) is 21.3 Å². The van der Waals surface area contributed by atoms with Crippen molar-refractivity contribution in [3.05, 3.63) is 93.5 Å². The lowest BCUT2D eigenvalue weighted by molar-refractivity contribution is -0.384. The molecule has 8 heteroatoms. The minimum Gasteiger partial charge on any atom is -0.493 e. The summed E-state index contributed by atoms with van der Waals surface area (Å²) in [4.78, 5) is 22.9. The van der Waals surface area contributed by atoms with Gasteiger partial charge in [0.15, 0.2) is 28.8 Å². The highest BCUT2D eigenvalue weighted by Gasteiger charge is 2.10. The standard InChI is InChI=1S/C25H23NO7/c1-30-22-13-8-19(15-25(22)32-3)21(27)11-6-17-7-12-23(24(14-17)31-2)33-16-18-4-9-20(10-5-18)26(28)29/h4-15H,16H2,1-3H3/b11-6+. The van der Waals surface area contributed by atoms with Crippen LogP contribution in [-0.2, 0) is 6.61 Å². The Labute approximate surface area is 191 Å². The Morgan fingerprint density at radius 2 is 1.48 bits per heavy atom. The lowest BCUT2D eigenvalue weighted by Crippen LogP contribution is -1.99. The second kappa shape index (κ2) is 10.8. The first kappa shape index (κ1) is 23.3. The van der Waals surface area contributed by atoms with Gasteiger partial charge in [0, 0.05) is 17.7 Å². The molecule has 0 spiro atoms. The number of hydrogen-bond donors (Lipinski definition) is 0. The summed E-state index contributed by atoms with van der Waals surface area (Å²) in [5.74, 6) is 1.85.